The number of carbonyl (C=O) groups excluding carboxylic acids is 2. The highest BCUT2D eigenvalue weighted by molar-refractivity contribution is 5.70. The number of hydrogen-bond acceptors (Lipinski definition) is 5. The molecule has 6 heteroatoms. The van der Waals surface area contributed by atoms with Crippen LogP contribution in [0.15, 0.2) is 24.3 Å². The van der Waals surface area contributed by atoms with E-state index in [9.17, 15) is 9.59 Å². The maximum atomic E-state index is 12.3. The monoisotopic (exact) mass is 337 g/mol. The van der Waals surface area contributed by atoms with Crippen LogP contribution >= 0.6 is 0 Å². The van der Waals surface area contributed by atoms with Crippen molar-refractivity contribution in [2.24, 2.45) is 0 Å². The van der Waals surface area contributed by atoms with Gasteiger partial charge in [-0.2, -0.15) is 0 Å². The lowest BCUT2D eigenvalue weighted by molar-refractivity contribution is -0.140. The number of hydroxylamine groups is 2. The number of aryl methyl sites for hydroxylation is 1. The molecule has 1 amide bonds. The molecule has 0 bridgehead atoms. The first-order chi connectivity index (χ1) is 10.9. The van der Waals surface area contributed by atoms with E-state index in [1.165, 1.54) is 0 Å². The van der Waals surface area contributed by atoms with Crippen LogP contribution in [0, 0.1) is 6.92 Å². The molecular weight excluding hydrogens is 310 g/mol. The van der Waals surface area contributed by atoms with Gasteiger partial charge in [0.1, 0.15) is 11.2 Å². The predicted molar refractivity (Wildman–Crippen MR) is 90.3 cm³/mol. The van der Waals surface area contributed by atoms with Crippen LogP contribution in [0.5, 0.6) is 0 Å². The molecule has 0 atom stereocenters. The predicted octanol–water partition coefficient (Wildman–Crippen LogP) is 4.60. The number of rotatable bonds is 2. The van der Waals surface area contributed by atoms with Crippen molar-refractivity contribution in [3.05, 3.63) is 35.4 Å². The van der Waals surface area contributed by atoms with Gasteiger partial charge in [0.25, 0.3) is 0 Å². The van der Waals surface area contributed by atoms with Crippen LogP contribution in [0.4, 0.5) is 9.59 Å². The molecule has 0 N–H and O–H groups in total. The Labute approximate surface area is 143 Å². The van der Waals surface area contributed by atoms with Crippen molar-refractivity contribution < 1.29 is 23.9 Å². The Bertz CT molecular complexity index is 567. The van der Waals surface area contributed by atoms with Crippen molar-refractivity contribution in [2.75, 3.05) is 0 Å². The third kappa shape index (κ3) is 7.85. The molecule has 0 aromatic heterocycles. The molecule has 0 heterocycles. The number of benzene rings is 1. The van der Waals surface area contributed by atoms with Crippen molar-refractivity contribution in [1.29, 1.82) is 0 Å². The molecule has 0 saturated carbocycles. The second kappa shape index (κ2) is 7.55. The van der Waals surface area contributed by atoms with E-state index in [4.69, 9.17) is 14.3 Å². The van der Waals surface area contributed by atoms with E-state index in [0.717, 1.165) is 16.2 Å². The first kappa shape index (κ1) is 19.8. The van der Waals surface area contributed by atoms with Gasteiger partial charge in [0.2, 0.25) is 0 Å². The summed E-state index contributed by atoms with van der Waals surface area (Å²) >= 11 is 0. The maximum absolute atomic E-state index is 12.3. The van der Waals surface area contributed by atoms with Crippen LogP contribution in [0.2, 0.25) is 0 Å². The molecule has 0 saturated heterocycles. The molecule has 24 heavy (non-hydrogen) atoms. The zero-order valence-corrected chi connectivity index (χ0v) is 15.5. The van der Waals surface area contributed by atoms with Crippen LogP contribution < -0.4 is 0 Å². The summed E-state index contributed by atoms with van der Waals surface area (Å²) in [7, 11) is 0. The summed E-state index contributed by atoms with van der Waals surface area (Å²) in [5.41, 5.74) is 0.464. The third-order valence-electron chi connectivity index (χ3n) is 2.62. The van der Waals surface area contributed by atoms with Gasteiger partial charge >= 0.3 is 12.2 Å². The molecule has 0 aliphatic heterocycles. The molecule has 1 aromatic rings. The molecule has 0 spiro atoms. The zero-order valence-electron chi connectivity index (χ0n) is 15.5. The van der Waals surface area contributed by atoms with Gasteiger partial charge in [-0.25, -0.2) is 9.59 Å². The lowest BCUT2D eigenvalue weighted by Crippen LogP contribution is -2.39. The second-order valence-electron chi connectivity index (χ2n) is 7.56. The largest absolute Gasteiger partial charge is 0.534 e. The van der Waals surface area contributed by atoms with Crippen molar-refractivity contribution in [1.82, 2.24) is 5.06 Å². The van der Waals surface area contributed by atoms with Crippen LogP contribution in [0.3, 0.4) is 0 Å². The van der Waals surface area contributed by atoms with Crippen LogP contribution in [0.1, 0.15) is 52.7 Å². The van der Waals surface area contributed by atoms with Crippen LogP contribution in [0.25, 0.3) is 0 Å². The SMILES string of the molecule is Cc1ccc(CN(OC(=O)OC(C)(C)C)C(=O)OC(C)(C)C)cc1. The van der Waals surface area contributed by atoms with E-state index in [2.05, 4.69) is 0 Å². The van der Waals surface area contributed by atoms with Gasteiger partial charge in [0.15, 0.2) is 0 Å². The maximum Gasteiger partial charge on any atom is 0.534 e. The van der Waals surface area contributed by atoms with Crippen LogP contribution in [-0.4, -0.2) is 28.5 Å². The topological polar surface area (TPSA) is 65.1 Å². The Morgan fingerprint density at radius 2 is 1.42 bits per heavy atom. The Hall–Kier alpha value is -2.24. The highest BCUT2D eigenvalue weighted by Gasteiger charge is 2.28. The fraction of sp³-hybridized carbons (Fsp3) is 0.556. The Balaban J connectivity index is 2.88. The molecule has 1 aromatic carbocycles. The summed E-state index contributed by atoms with van der Waals surface area (Å²) in [6.07, 6.45) is -1.71. The summed E-state index contributed by atoms with van der Waals surface area (Å²) in [5, 5.41) is 0.865. The Kier molecular flexibility index (Phi) is 6.23. The molecular formula is C18H27NO5. The molecule has 0 aliphatic rings. The highest BCUT2D eigenvalue weighted by atomic mass is 16.8. The summed E-state index contributed by atoms with van der Waals surface area (Å²) in [5.74, 6) is 0. The number of nitrogens with zero attached hydrogens (tertiary/aromatic N) is 1. The zero-order chi connectivity index (χ0) is 18.5. The fourth-order valence-electron chi connectivity index (χ4n) is 1.66. The average molecular weight is 337 g/mol. The van der Waals surface area contributed by atoms with Crippen molar-refractivity contribution in [3.8, 4) is 0 Å². The van der Waals surface area contributed by atoms with Crippen molar-refractivity contribution >= 4 is 12.2 Å². The molecule has 1 rings (SSSR count). The highest BCUT2D eigenvalue weighted by Crippen LogP contribution is 2.16. The Morgan fingerprint density at radius 1 is 0.917 bits per heavy atom. The van der Waals surface area contributed by atoms with Gasteiger partial charge in [0, 0.05) is 0 Å². The quantitative estimate of drug-likeness (QED) is 0.583. The molecule has 0 unspecified atom stereocenters. The first-order valence-electron chi connectivity index (χ1n) is 7.83. The molecule has 0 radical (unpaired) electrons. The molecule has 0 aliphatic carbocycles. The fourth-order valence-corrected chi connectivity index (χ4v) is 1.66. The van der Waals surface area contributed by atoms with E-state index >= 15 is 0 Å². The minimum atomic E-state index is -0.958. The van der Waals surface area contributed by atoms with Crippen LogP contribution in [-0.2, 0) is 20.9 Å². The second-order valence-corrected chi connectivity index (χ2v) is 7.56. The third-order valence-corrected chi connectivity index (χ3v) is 2.62. The van der Waals surface area contributed by atoms with E-state index in [1.54, 1.807) is 41.5 Å². The van der Waals surface area contributed by atoms with Gasteiger partial charge in [-0.05, 0) is 54.0 Å². The lowest BCUT2D eigenvalue weighted by atomic mass is 10.1. The van der Waals surface area contributed by atoms with Gasteiger partial charge < -0.3 is 9.47 Å². The number of amides is 1. The minimum absolute atomic E-state index is 0.0639. The summed E-state index contributed by atoms with van der Waals surface area (Å²) in [6, 6.07) is 7.53. The minimum Gasteiger partial charge on any atom is -0.442 e. The number of carbonyl (C=O) groups is 2. The van der Waals surface area contributed by atoms with Gasteiger partial charge in [0.05, 0.1) is 6.54 Å². The molecule has 134 valence electrons. The van der Waals surface area contributed by atoms with E-state index < -0.39 is 23.5 Å². The van der Waals surface area contributed by atoms with Gasteiger partial charge in [-0.1, -0.05) is 29.8 Å². The summed E-state index contributed by atoms with van der Waals surface area (Å²) in [4.78, 5) is 29.3. The molecule has 6 nitrogen and oxygen atoms in total. The van der Waals surface area contributed by atoms with E-state index in [1.807, 2.05) is 31.2 Å². The first-order valence-corrected chi connectivity index (χ1v) is 7.83. The number of ether oxygens (including phenoxy) is 2. The summed E-state index contributed by atoms with van der Waals surface area (Å²) < 4.78 is 10.4. The van der Waals surface area contributed by atoms with Gasteiger partial charge in [-0.3, -0.25) is 4.84 Å². The van der Waals surface area contributed by atoms with Crippen molar-refractivity contribution in [3.63, 3.8) is 0 Å². The average Bonchev–Trinajstić information content (AvgIpc) is 2.36. The Morgan fingerprint density at radius 3 is 1.88 bits per heavy atom. The van der Waals surface area contributed by atoms with Crippen molar-refractivity contribution in [2.45, 2.75) is 66.2 Å². The summed E-state index contributed by atoms with van der Waals surface area (Å²) in [6.45, 7) is 12.4. The van der Waals surface area contributed by atoms with Gasteiger partial charge in [-0.15, -0.1) is 5.06 Å². The lowest BCUT2D eigenvalue weighted by Gasteiger charge is -2.27. The smallest absolute Gasteiger partial charge is 0.442 e. The standard InChI is InChI=1S/C18H27NO5/c1-13-8-10-14(11-9-13)12-19(15(20)22-17(2,3)4)24-16(21)23-18(5,6)7/h8-11H,12H2,1-7H3. The molecule has 0 fully saturated rings. The normalized spacial score (nSPS) is 11.6. The number of hydrogen-bond donors (Lipinski definition) is 0. The van der Waals surface area contributed by atoms with E-state index in [0.29, 0.717) is 0 Å². The van der Waals surface area contributed by atoms with E-state index in [-0.39, 0.29) is 6.54 Å².